The third-order valence-corrected chi connectivity index (χ3v) is 7.44. The zero-order valence-electron chi connectivity index (χ0n) is 22.2. The Morgan fingerprint density at radius 1 is 0.975 bits per heavy atom. The first kappa shape index (κ1) is 25.8. The molecule has 1 atom stereocenters. The van der Waals surface area contributed by atoms with Crippen LogP contribution in [0.25, 0.3) is 33.7 Å². The fourth-order valence-electron chi connectivity index (χ4n) is 4.60. The highest BCUT2D eigenvalue weighted by Crippen LogP contribution is 2.36. The Morgan fingerprint density at radius 2 is 1.65 bits per heavy atom. The fraction of sp³-hybridized carbons (Fsp3) is 0.182. The maximum atomic E-state index is 12.0. The van der Waals surface area contributed by atoms with Gasteiger partial charge in [0.25, 0.3) is 0 Å². The minimum Gasteiger partial charge on any atom is -0.458 e. The van der Waals surface area contributed by atoms with E-state index in [0.717, 1.165) is 63.4 Å². The Morgan fingerprint density at radius 3 is 2.35 bits per heavy atom. The summed E-state index contributed by atoms with van der Waals surface area (Å²) in [6.07, 6.45) is 3.38. The molecule has 0 radical (unpaired) electrons. The van der Waals surface area contributed by atoms with Crippen molar-refractivity contribution >= 4 is 28.9 Å². The predicted octanol–water partition coefficient (Wildman–Crippen LogP) is 8.79. The SMILES string of the molecule is Cc1noc(-c2ccc(-c3ccc(C(C)OC(=O)C4CC4)cc3)cc2)c1Nc1ccnc(-c2ccccc2Cl)c1. The number of halogens is 1. The smallest absolute Gasteiger partial charge is 0.309 e. The van der Waals surface area contributed by atoms with Gasteiger partial charge in [-0.2, -0.15) is 0 Å². The first-order valence-corrected chi connectivity index (χ1v) is 13.7. The zero-order chi connectivity index (χ0) is 27.6. The Kier molecular flexibility index (Phi) is 7.10. The van der Waals surface area contributed by atoms with Gasteiger partial charge in [-0.1, -0.05) is 83.5 Å². The summed E-state index contributed by atoms with van der Waals surface area (Å²) in [4.78, 5) is 16.5. The van der Waals surface area contributed by atoms with Crippen molar-refractivity contribution in [3.8, 4) is 33.7 Å². The highest BCUT2D eigenvalue weighted by atomic mass is 35.5. The van der Waals surface area contributed by atoms with Crippen LogP contribution in [-0.2, 0) is 9.53 Å². The molecule has 200 valence electrons. The molecular formula is C33H28ClN3O3. The summed E-state index contributed by atoms with van der Waals surface area (Å²) in [6, 6.07) is 27.8. The van der Waals surface area contributed by atoms with Crippen molar-refractivity contribution < 1.29 is 14.1 Å². The van der Waals surface area contributed by atoms with Gasteiger partial charge < -0.3 is 14.6 Å². The van der Waals surface area contributed by atoms with Gasteiger partial charge in [0, 0.05) is 28.0 Å². The van der Waals surface area contributed by atoms with Gasteiger partial charge in [0.1, 0.15) is 17.5 Å². The lowest BCUT2D eigenvalue weighted by molar-refractivity contribution is -0.150. The Labute approximate surface area is 238 Å². The fourth-order valence-corrected chi connectivity index (χ4v) is 4.83. The molecule has 6 nitrogen and oxygen atoms in total. The number of esters is 1. The molecule has 5 aromatic rings. The molecule has 3 aromatic carbocycles. The summed E-state index contributed by atoms with van der Waals surface area (Å²) in [5.74, 6) is 0.662. The van der Waals surface area contributed by atoms with Crippen molar-refractivity contribution in [2.45, 2.75) is 32.8 Å². The molecule has 1 aliphatic rings. The third-order valence-electron chi connectivity index (χ3n) is 7.11. The summed E-state index contributed by atoms with van der Waals surface area (Å²) in [7, 11) is 0. The molecule has 0 aliphatic heterocycles. The van der Waals surface area contributed by atoms with Crippen LogP contribution in [0.15, 0.2) is 95.6 Å². The lowest BCUT2D eigenvalue weighted by atomic mass is 10.00. The molecule has 1 N–H and O–H groups in total. The summed E-state index contributed by atoms with van der Waals surface area (Å²) in [5.41, 5.74) is 8.08. The number of ether oxygens (including phenoxy) is 1. The summed E-state index contributed by atoms with van der Waals surface area (Å²) in [5, 5.41) is 8.33. The minimum atomic E-state index is -0.258. The first-order chi connectivity index (χ1) is 19.5. The van der Waals surface area contributed by atoms with E-state index in [1.807, 2.05) is 74.5 Å². The second-order valence-corrected chi connectivity index (χ2v) is 10.5. The standard InChI is InChI=1S/C33H28ClN3O3/c1-20-31(36-27-17-18-35-30(19-27)28-5-3-4-6-29(28)34)32(40-37-20)25-13-11-24(12-14-25)23-9-7-22(8-10-23)21(2)39-33(38)26-15-16-26/h3-14,17-19,21,26H,15-16H2,1-2H3,(H,35,36). The van der Waals surface area contributed by atoms with Gasteiger partial charge in [0.2, 0.25) is 0 Å². The van der Waals surface area contributed by atoms with Crippen LogP contribution in [-0.4, -0.2) is 16.1 Å². The number of pyridine rings is 1. The van der Waals surface area contributed by atoms with Crippen LogP contribution in [0.3, 0.4) is 0 Å². The van der Waals surface area contributed by atoms with E-state index >= 15 is 0 Å². The Hall–Kier alpha value is -4.42. The van der Waals surface area contributed by atoms with E-state index in [2.05, 4.69) is 39.7 Å². The van der Waals surface area contributed by atoms with Crippen molar-refractivity contribution in [2.75, 3.05) is 5.32 Å². The second kappa shape index (κ2) is 11.0. The molecule has 6 rings (SSSR count). The maximum absolute atomic E-state index is 12.0. The highest BCUT2D eigenvalue weighted by Gasteiger charge is 2.32. The van der Waals surface area contributed by atoms with Crippen molar-refractivity contribution in [1.82, 2.24) is 10.1 Å². The van der Waals surface area contributed by atoms with E-state index in [1.165, 1.54) is 0 Å². The molecule has 7 heteroatoms. The van der Waals surface area contributed by atoms with Gasteiger partial charge in [-0.05, 0) is 61.6 Å². The molecule has 0 saturated heterocycles. The van der Waals surface area contributed by atoms with Crippen molar-refractivity contribution in [2.24, 2.45) is 5.92 Å². The predicted molar refractivity (Wildman–Crippen MR) is 157 cm³/mol. The maximum Gasteiger partial charge on any atom is 0.309 e. The number of benzene rings is 3. The molecule has 0 bridgehead atoms. The number of anilines is 2. The number of nitrogens with zero attached hydrogens (tertiary/aromatic N) is 2. The van der Waals surface area contributed by atoms with E-state index in [9.17, 15) is 4.79 Å². The van der Waals surface area contributed by atoms with Crippen LogP contribution in [0.4, 0.5) is 11.4 Å². The number of hydrogen-bond acceptors (Lipinski definition) is 6. The van der Waals surface area contributed by atoms with Crippen LogP contribution >= 0.6 is 11.6 Å². The lowest BCUT2D eigenvalue weighted by Crippen LogP contribution is -2.10. The van der Waals surface area contributed by atoms with E-state index in [0.29, 0.717) is 10.8 Å². The molecule has 2 aromatic heterocycles. The molecule has 0 amide bonds. The molecule has 40 heavy (non-hydrogen) atoms. The number of aromatic nitrogens is 2. The third kappa shape index (κ3) is 5.49. The summed E-state index contributed by atoms with van der Waals surface area (Å²) < 4.78 is 11.3. The number of aryl methyl sites for hydroxylation is 1. The van der Waals surface area contributed by atoms with Gasteiger partial charge in [0.15, 0.2) is 5.76 Å². The van der Waals surface area contributed by atoms with Crippen molar-refractivity contribution in [3.63, 3.8) is 0 Å². The summed E-state index contributed by atoms with van der Waals surface area (Å²) >= 11 is 6.39. The zero-order valence-corrected chi connectivity index (χ0v) is 23.0. The highest BCUT2D eigenvalue weighted by molar-refractivity contribution is 6.33. The van der Waals surface area contributed by atoms with E-state index in [1.54, 1.807) is 6.20 Å². The number of nitrogens with one attached hydrogen (secondary N) is 1. The largest absolute Gasteiger partial charge is 0.458 e. The van der Waals surface area contributed by atoms with Crippen molar-refractivity contribution in [3.05, 3.63) is 107 Å². The van der Waals surface area contributed by atoms with E-state index < -0.39 is 0 Å². The first-order valence-electron chi connectivity index (χ1n) is 13.3. The Balaban J connectivity index is 1.19. The van der Waals surface area contributed by atoms with Crippen LogP contribution in [0, 0.1) is 12.8 Å². The molecule has 2 heterocycles. The quantitative estimate of drug-likeness (QED) is 0.195. The Bertz CT molecular complexity index is 1660. The van der Waals surface area contributed by atoms with Crippen LogP contribution in [0.1, 0.15) is 37.1 Å². The number of hydrogen-bond donors (Lipinski definition) is 1. The van der Waals surface area contributed by atoms with E-state index in [4.69, 9.17) is 20.9 Å². The molecular weight excluding hydrogens is 522 g/mol. The van der Waals surface area contributed by atoms with Crippen LogP contribution in [0.2, 0.25) is 5.02 Å². The van der Waals surface area contributed by atoms with Crippen molar-refractivity contribution in [1.29, 1.82) is 0 Å². The average Bonchev–Trinajstić information content (AvgIpc) is 3.78. The van der Waals surface area contributed by atoms with Crippen LogP contribution < -0.4 is 5.32 Å². The van der Waals surface area contributed by atoms with Gasteiger partial charge in [-0.15, -0.1) is 0 Å². The van der Waals surface area contributed by atoms with Gasteiger partial charge in [-0.25, -0.2) is 0 Å². The van der Waals surface area contributed by atoms with Gasteiger partial charge >= 0.3 is 5.97 Å². The topological polar surface area (TPSA) is 77.2 Å². The molecule has 1 unspecified atom stereocenters. The number of rotatable bonds is 8. The monoisotopic (exact) mass is 549 g/mol. The molecule has 1 fully saturated rings. The van der Waals surface area contributed by atoms with E-state index in [-0.39, 0.29) is 18.0 Å². The average molecular weight is 550 g/mol. The van der Waals surface area contributed by atoms with Crippen LogP contribution in [0.5, 0.6) is 0 Å². The number of carbonyl (C=O) groups is 1. The molecule has 0 spiro atoms. The van der Waals surface area contributed by atoms with Gasteiger partial charge in [0.05, 0.1) is 11.6 Å². The summed E-state index contributed by atoms with van der Waals surface area (Å²) in [6.45, 7) is 3.82. The lowest BCUT2D eigenvalue weighted by Gasteiger charge is -2.14. The molecule has 1 aliphatic carbocycles. The minimum absolute atomic E-state index is 0.0892. The number of carbonyl (C=O) groups excluding carboxylic acids is 1. The normalized spacial score (nSPS) is 13.6. The molecule has 1 saturated carbocycles. The van der Waals surface area contributed by atoms with Gasteiger partial charge in [-0.3, -0.25) is 9.78 Å². The second-order valence-electron chi connectivity index (χ2n) is 10.1.